The van der Waals surface area contributed by atoms with Gasteiger partial charge in [0.15, 0.2) is 9.84 Å². The minimum absolute atomic E-state index is 0. The van der Waals surface area contributed by atoms with Crippen molar-refractivity contribution in [3.05, 3.63) is 42.5 Å². The number of carboxylic acids is 1. The molecule has 0 spiro atoms. The Labute approximate surface area is 225 Å². The van der Waals surface area contributed by atoms with Crippen molar-refractivity contribution in [2.45, 2.75) is 50.3 Å². The quantitative estimate of drug-likeness (QED) is 0.249. The number of nitrogens with zero attached hydrogens (tertiary/aromatic N) is 1. The summed E-state index contributed by atoms with van der Waals surface area (Å²) in [5, 5.41) is 12.8. The second-order valence-corrected chi connectivity index (χ2v) is 10.3. The zero-order valence-electron chi connectivity index (χ0n) is 20.5. The van der Waals surface area contributed by atoms with Crippen molar-refractivity contribution >= 4 is 32.5 Å². The van der Waals surface area contributed by atoms with Gasteiger partial charge >= 0.3 is 29.6 Å². The van der Waals surface area contributed by atoms with Gasteiger partial charge in [0, 0.05) is 32.8 Å². The molecule has 0 saturated carbocycles. The summed E-state index contributed by atoms with van der Waals surface area (Å²) in [6, 6.07) is 12.3. The molecule has 0 aliphatic heterocycles. The molecule has 1 amide bonds. The molecule has 0 unspecified atom stereocenters. The van der Waals surface area contributed by atoms with Gasteiger partial charge in [-0.05, 0) is 48.6 Å². The van der Waals surface area contributed by atoms with Gasteiger partial charge in [-0.1, -0.05) is 50.1 Å². The van der Waals surface area contributed by atoms with Crippen molar-refractivity contribution in [3.63, 3.8) is 0 Å². The van der Waals surface area contributed by atoms with E-state index in [0.717, 1.165) is 30.0 Å². The molecule has 0 heterocycles. The van der Waals surface area contributed by atoms with Crippen LogP contribution in [0.5, 0.6) is 0 Å². The van der Waals surface area contributed by atoms with Crippen LogP contribution in [0.2, 0.25) is 0 Å². The molecule has 0 radical (unpaired) electrons. The number of aliphatic carboxylic acids is 1. The number of unbranched alkanes of at least 4 members (excludes halogenated alkanes) is 2. The number of ether oxygens (including phenoxy) is 1. The molecule has 7 nitrogen and oxygen atoms in total. The van der Waals surface area contributed by atoms with Gasteiger partial charge in [0.2, 0.25) is 5.91 Å². The molecule has 34 heavy (non-hydrogen) atoms. The summed E-state index contributed by atoms with van der Waals surface area (Å²) in [6.45, 7) is 3.50. The largest absolute Gasteiger partial charge is 1.00 e. The van der Waals surface area contributed by atoms with Crippen LogP contribution in [0.25, 0.3) is 10.8 Å². The molecule has 0 fully saturated rings. The van der Waals surface area contributed by atoms with Crippen molar-refractivity contribution in [2.75, 3.05) is 32.6 Å². The number of hydrogen-bond acceptors (Lipinski definition) is 6. The Morgan fingerprint density at radius 1 is 1.03 bits per heavy atom. The maximum atomic E-state index is 13.4. The van der Waals surface area contributed by atoms with Crippen molar-refractivity contribution in [2.24, 2.45) is 5.92 Å². The SMILES string of the molecule is CCCCCN(CCCOC)C(=O)[C@@H](CCC(=O)[O-])CS(=O)(=O)c1ccc2ccccc2c1.[Na+]. The average molecular weight is 500 g/mol. The van der Waals surface area contributed by atoms with Gasteiger partial charge in [0.05, 0.1) is 16.6 Å². The fraction of sp³-hybridized carbons (Fsp3) is 0.520. The van der Waals surface area contributed by atoms with Crippen LogP contribution in [0.15, 0.2) is 47.4 Å². The monoisotopic (exact) mass is 499 g/mol. The van der Waals surface area contributed by atoms with E-state index in [2.05, 4.69) is 6.92 Å². The normalized spacial score (nSPS) is 12.2. The van der Waals surface area contributed by atoms with Crippen LogP contribution in [0.1, 0.15) is 45.4 Å². The average Bonchev–Trinajstić information content (AvgIpc) is 2.80. The number of methoxy groups -OCH3 is 1. The summed E-state index contributed by atoms with van der Waals surface area (Å²) < 4.78 is 31.5. The first-order valence-electron chi connectivity index (χ1n) is 11.5. The molecule has 1 atom stereocenters. The molecule has 0 aliphatic carbocycles. The number of fused-ring (bicyclic) bond motifs is 1. The van der Waals surface area contributed by atoms with Crippen molar-refractivity contribution < 1.29 is 57.4 Å². The predicted octanol–water partition coefficient (Wildman–Crippen LogP) is -0.181. The predicted molar refractivity (Wildman–Crippen MR) is 126 cm³/mol. The summed E-state index contributed by atoms with van der Waals surface area (Å²) in [7, 11) is -2.23. The first kappa shape index (κ1) is 30.6. The minimum Gasteiger partial charge on any atom is -0.550 e. The number of sulfone groups is 1. The van der Waals surface area contributed by atoms with E-state index in [1.807, 2.05) is 24.3 Å². The zero-order chi connectivity index (χ0) is 24.3. The van der Waals surface area contributed by atoms with E-state index < -0.39 is 27.5 Å². The van der Waals surface area contributed by atoms with Crippen LogP contribution in [-0.2, 0) is 24.2 Å². The summed E-state index contributed by atoms with van der Waals surface area (Å²) in [6.07, 6.45) is 2.92. The number of carbonyl (C=O) groups is 2. The number of amides is 1. The van der Waals surface area contributed by atoms with Gasteiger partial charge in [-0.15, -0.1) is 0 Å². The first-order chi connectivity index (χ1) is 15.8. The Morgan fingerprint density at radius 3 is 2.35 bits per heavy atom. The fourth-order valence-corrected chi connectivity index (χ4v) is 5.45. The number of carboxylic acid groups (broad SMARTS) is 1. The van der Waals surface area contributed by atoms with Crippen LogP contribution in [0, 0.1) is 5.92 Å². The first-order valence-corrected chi connectivity index (χ1v) is 13.1. The van der Waals surface area contributed by atoms with Crippen LogP contribution >= 0.6 is 0 Å². The number of hydrogen-bond donors (Lipinski definition) is 0. The van der Waals surface area contributed by atoms with Crippen molar-refractivity contribution in [1.29, 1.82) is 0 Å². The van der Waals surface area contributed by atoms with Gasteiger partial charge in [-0.3, -0.25) is 4.79 Å². The maximum absolute atomic E-state index is 13.4. The van der Waals surface area contributed by atoms with Crippen LogP contribution in [-0.4, -0.2) is 57.8 Å². The molecule has 9 heteroatoms. The Balaban J connectivity index is 0.00000578. The molecular weight excluding hydrogens is 465 g/mol. The molecule has 0 N–H and O–H groups in total. The third kappa shape index (κ3) is 9.66. The molecule has 182 valence electrons. The molecule has 0 aliphatic rings. The molecular formula is C25H34NNaO6S. The van der Waals surface area contributed by atoms with Gasteiger partial charge < -0.3 is 19.5 Å². The third-order valence-corrected chi connectivity index (χ3v) is 7.48. The summed E-state index contributed by atoms with van der Waals surface area (Å²) in [5.41, 5.74) is 0. The van der Waals surface area contributed by atoms with Gasteiger partial charge in [0.1, 0.15) is 0 Å². The van der Waals surface area contributed by atoms with Crippen molar-refractivity contribution in [1.82, 2.24) is 4.90 Å². The van der Waals surface area contributed by atoms with Crippen LogP contribution < -0.4 is 34.7 Å². The molecule has 2 aromatic rings. The van der Waals surface area contributed by atoms with E-state index in [1.165, 1.54) is 6.07 Å². The molecule has 2 aromatic carbocycles. The Morgan fingerprint density at radius 2 is 1.71 bits per heavy atom. The smallest absolute Gasteiger partial charge is 0.550 e. The number of rotatable bonds is 15. The Hall–Kier alpha value is -1.45. The third-order valence-electron chi connectivity index (χ3n) is 5.67. The summed E-state index contributed by atoms with van der Waals surface area (Å²) in [5.74, 6) is -3.02. The van der Waals surface area contributed by atoms with Crippen LogP contribution in [0.3, 0.4) is 0 Å². The van der Waals surface area contributed by atoms with Gasteiger partial charge in [0.25, 0.3) is 0 Å². The zero-order valence-corrected chi connectivity index (χ0v) is 23.3. The molecule has 0 saturated heterocycles. The fourth-order valence-electron chi connectivity index (χ4n) is 3.83. The van der Waals surface area contributed by atoms with Crippen LogP contribution in [0.4, 0.5) is 0 Å². The summed E-state index contributed by atoms with van der Waals surface area (Å²) >= 11 is 0. The molecule has 0 aromatic heterocycles. The van der Waals surface area contributed by atoms with E-state index in [1.54, 1.807) is 24.1 Å². The second-order valence-electron chi connectivity index (χ2n) is 8.28. The topological polar surface area (TPSA) is 104 Å². The second kappa shape index (κ2) is 15.5. The number of benzene rings is 2. The minimum atomic E-state index is -3.81. The summed E-state index contributed by atoms with van der Waals surface area (Å²) in [4.78, 5) is 26.3. The van der Waals surface area contributed by atoms with Crippen molar-refractivity contribution in [3.8, 4) is 0 Å². The van der Waals surface area contributed by atoms with E-state index in [9.17, 15) is 23.1 Å². The van der Waals surface area contributed by atoms with E-state index in [0.29, 0.717) is 26.1 Å². The van der Waals surface area contributed by atoms with Gasteiger partial charge in [-0.25, -0.2) is 8.42 Å². The van der Waals surface area contributed by atoms with E-state index in [4.69, 9.17) is 4.74 Å². The maximum Gasteiger partial charge on any atom is 1.00 e. The number of carbonyl (C=O) groups excluding carboxylic acids is 2. The van der Waals surface area contributed by atoms with Gasteiger partial charge in [-0.2, -0.15) is 0 Å². The standard InChI is InChI=1S/C25H35NO6S.Na/c1-3-4-7-15-26(16-8-17-32-2)25(29)22(12-14-24(27)28)19-33(30,31)23-13-11-20-9-5-6-10-21(20)18-23;/h5-6,9-11,13,18,22H,3-4,7-8,12,14-17,19H2,1-2H3,(H,27,28);/q;+1/p-1/t22-;/m0./s1. The molecule has 2 rings (SSSR count). The van der Waals surface area contributed by atoms with E-state index in [-0.39, 0.29) is 53.2 Å². The Bertz CT molecular complexity index is 1020. The van der Waals surface area contributed by atoms with E-state index >= 15 is 0 Å². The molecule has 0 bridgehead atoms. The Kier molecular flexibility index (Phi) is 14.0.